The topological polar surface area (TPSA) is 68.3 Å². The lowest BCUT2D eigenvalue weighted by molar-refractivity contribution is -0.121. The lowest BCUT2D eigenvalue weighted by Gasteiger charge is -2.34. The number of anilines is 2. The highest BCUT2D eigenvalue weighted by Gasteiger charge is 2.33. The third kappa shape index (κ3) is 4.05. The summed E-state index contributed by atoms with van der Waals surface area (Å²) in [5.41, 5.74) is 0.168. The molecule has 1 aromatic rings. The van der Waals surface area contributed by atoms with E-state index in [4.69, 9.17) is 4.74 Å². The number of rotatable bonds is 4. The van der Waals surface area contributed by atoms with Crippen LogP contribution in [0.2, 0.25) is 0 Å². The van der Waals surface area contributed by atoms with Crippen LogP contribution >= 0.6 is 0 Å². The molecule has 3 rings (SSSR count). The molecule has 0 bridgehead atoms. The Hall–Kier alpha value is -1.97. The molecule has 1 unspecified atom stereocenters. The first-order chi connectivity index (χ1) is 12.3. The molecule has 2 N–H and O–H groups in total. The number of carbonyl (C=O) groups is 1. The van der Waals surface area contributed by atoms with E-state index in [0.717, 1.165) is 13.1 Å². The fourth-order valence-corrected chi connectivity index (χ4v) is 3.25. The number of likely N-dealkylation sites (N-methyl/N-ethyl adjacent to an activating group) is 1. The molecule has 2 atom stereocenters. The van der Waals surface area contributed by atoms with Crippen molar-refractivity contribution < 1.29 is 23.4 Å². The summed E-state index contributed by atoms with van der Waals surface area (Å²) >= 11 is 0. The Kier molecular flexibility index (Phi) is 5.59. The Bertz CT molecular complexity index is 644. The Morgan fingerprint density at radius 3 is 2.46 bits per heavy atom. The normalized spacial score (nSPS) is 24.2. The number of hydrogen-bond acceptors (Lipinski definition) is 6. The van der Waals surface area contributed by atoms with E-state index in [0.29, 0.717) is 13.1 Å². The number of carbonyl (C=O) groups excluding carboxylic acids is 1. The van der Waals surface area contributed by atoms with Crippen LogP contribution in [-0.4, -0.2) is 74.7 Å². The molecule has 2 heterocycles. The van der Waals surface area contributed by atoms with Crippen molar-refractivity contribution in [1.29, 1.82) is 0 Å². The molecule has 0 aromatic heterocycles. The summed E-state index contributed by atoms with van der Waals surface area (Å²) in [5.74, 6) is -1.54. The van der Waals surface area contributed by atoms with Crippen LogP contribution < -0.4 is 15.1 Å². The van der Waals surface area contributed by atoms with Gasteiger partial charge in [0.2, 0.25) is 12.3 Å². The predicted molar refractivity (Wildman–Crippen MR) is 93.0 cm³/mol. The van der Waals surface area contributed by atoms with Crippen LogP contribution in [0.3, 0.4) is 0 Å². The summed E-state index contributed by atoms with van der Waals surface area (Å²) in [4.78, 5) is 16.2. The maximum absolute atomic E-state index is 14.6. The van der Waals surface area contributed by atoms with Gasteiger partial charge in [0, 0.05) is 45.3 Å². The Morgan fingerprint density at radius 2 is 1.88 bits per heavy atom. The molecule has 9 heteroatoms. The zero-order valence-corrected chi connectivity index (χ0v) is 14.9. The second-order valence-corrected chi connectivity index (χ2v) is 6.72. The summed E-state index contributed by atoms with van der Waals surface area (Å²) in [7, 11) is 1.97. The largest absolute Gasteiger partial charge is 0.364 e. The van der Waals surface area contributed by atoms with Gasteiger partial charge in [-0.3, -0.25) is 4.79 Å². The van der Waals surface area contributed by atoms with Gasteiger partial charge in [-0.15, -0.1) is 0 Å². The highest BCUT2D eigenvalue weighted by Crippen LogP contribution is 2.32. The van der Waals surface area contributed by atoms with Crippen LogP contribution in [0.25, 0.3) is 0 Å². The van der Waals surface area contributed by atoms with Gasteiger partial charge in [0.25, 0.3) is 0 Å². The van der Waals surface area contributed by atoms with Gasteiger partial charge < -0.3 is 29.9 Å². The highest BCUT2D eigenvalue weighted by atomic mass is 19.1. The fourth-order valence-electron chi connectivity index (χ4n) is 3.25. The Balaban J connectivity index is 1.74. The monoisotopic (exact) mass is 370 g/mol. The minimum atomic E-state index is -1.32. The summed E-state index contributed by atoms with van der Waals surface area (Å²) in [6, 6.07) is 2.42. The average molecular weight is 370 g/mol. The van der Waals surface area contributed by atoms with Crippen molar-refractivity contribution in [3.05, 3.63) is 23.8 Å². The number of nitrogens with zero attached hydrogens (tertiary/aromatic N) is 3. The molecule has 0 saturated carbocycles. The Labute approximate surface area is 151 Å². The highest BCUT2D eigenvalue weighted by molar-refractivity contribution is 5.72. The molecule has 1 aromatic carbocycles. The minimum absolute atomic E-state index is 0.0359. The average Bonchev–Trinajstić information content (AvgIpc) is 2.95. The van der Waals surface area contributed by atoms with Crippen molar-refractivity contribution in [3.63, 3.8) is 0 Å². The van der Waals surface area contributed by atoms with Crippen LogP contribution in [0.1, 0.15) is 6.92 Å². The molecule has 2 aliphatic rings. The second-order valence-electron chi connectivity index (χ2n) is 6.72. The number of aliphatic hydroxyl groups excluding tert-OH is 1. The number of amides is 1. The molecule has 0 radical (unpaired) electrons. The number of halogens is 2. The number of aliphatic hydroxyl groups is 1. The van der Waals surface area contributed by atoms with Crippen LogP contribution in [0.4, 0.5) is 20.2 Å². The van der Waals surface area contributed by atoms with E-state index in [1.807, 2.05) is 7.05 Å². The van der Waals surface area contributed by atoms with Gasteiger partial charge in [-0.05, 0) is 19.2 Å². The van der Waals surface area contributed by atoms with Gasteiger partial charge in [0.1, 0.15) is 5.69 Å². The van der Waals surface area contributed by atoms with Crippen LogP contribution in [0.5, 0.6) is 0 Å². The molecule has 2 aliphatic heterocycles. The lowest BCUT2D eigenvalue weighted by Crippen LogP contribution is -2.45. The Morgan fingerprint density at radius 1 is 1.27 bits per heavy atom. The molecule has 2 fully saturated rings. The van der Waals surface area contributed by atoms with Crippen LogP contribution in [0.15, 0.2) is 12.1 Å². The SMILES string of the molecule is CC(=O)NC[C@H]1CN(c2cc(F)c(N3CCN(C)CC3)c(F)c2)C(O)O1. The number of piperazine rings is 1. The van der Waals surface area contributed by atoms with Crippen molar-refractivity contribution in [2.24, 2.45) is 0 Å². The maximum Gasteiger partial charge on any atom is 0.238 e. The molecular formula is C17H24F2N4O3. The quantitative estimate of drug-likeness (QED) is 0.797. The van der Waals surface area contributed by atoms with E-state index in [9.17, 15) is 18.7 Å². The third-order valence-corrected chi connectivity index (χ3v) is 4.71. The van der Waals surface area contributed by atoms with E-state index in [1.165, 1.54) is 24.0 Å². The number of benzene rings is 1. The fraction of sp³-hybridized carbons (Fsp3) is 0.588. The standard InChI is InChI=1S/C17H24F2N4O3/c1-11(24)20-9-13-10-23(17(25)26-13)12-7-14(18)16(15(19)8-12)22-5-3-21(2)4-6-22/h7-8,13,17,25H,3-6,9-10H2,1-2H3,(H,20,24)/t13-,17?/m0/s1. The molecular weight excluding hydrogens is 346 g/mol. The lowest BCUT2D eigenvalue weighted by atomic mass is 10.2. The van der Waals surface area contributed by atoms with Crippen LogP contribution in [0, 0.1) is 11.6 Å². The van der Waals surface area contributed by atoms with E-state index >= 15 is 0 Å². The first kappa shape index (κ1) is 18.8. The van der Waals surface area contributed by atoms with Gasteiger partial charge in [-0.1, -0.05) is 0 Å². The third-order valence-electron chi connectivity index (χ3n) is 4.71. The molecule has 1 amide bonds. The van der Waals surface area contributed by atoms with E-state index < -0.39 is 24.2 Å². The summed E-state index contributed by atoms with van der Waals surface area (Å²) in [5, 5.41) is 12.6. The minimum Gasteiger partial charge on any atom is -0.364 e. The summed E-state index contributed by atoms with van der Waals surface area (Å²) in [6.07, 6.45) is -1.78. The number of hydrogen-bond donors (Lipinski definition) is 2. The van der Waals surface area contributed by atoms with Gasteiger partial charge in [-0.25, -0.2) is 8.78 Å². The van der Waals surface area contributed by atoms with E-state index in [-0.39, 0.29) is 30.4 Å². The van der Waals surface area contributed by atoms with Gasteiger partial charge in [0.15, 0.2) is 11.6 Å². The number of nitrogens with one attached hydrogen (secondary N) is 1. The van der Waals surface area contributed by atoms with Crippen molar-refractivity contribution in [1.82, 2.24) is 10.2 Å². The van der Waals surface area contributed by atoms with Gasteiger partial charge in [-0.2, -0.15) is 0 Å². The van der Waals surface area contributed by atoms with Gasteiger partial charge in [0.05, 0.1) is 12.6 Å². The zero-order valence-electron chi connectivity index (χ0n) is 14.9. The molecule has 144 valence electrons. The second kappa shape index (κ2) is 7.73. The zero-order chi connectivity index (χ0) is 18.8. The maximum atomic E-state index is 14.6. The van der Waals surface area contributed by atoms with Crippen molar-refractivity contribution in [3.8, 4) is 0 Å². The predicted octanol–water partition coefficient (Wildman–Crippen LogP) is 0.334. The van der Waals surface area contributed by atoms with Gasteiger partial charge >= 0.3 is 0 Å². The van der Waals surface area contributed by atoms with Crippen molar-refractivity contribution in [2.75, 3.05) is 56.1 Å². The molecule has 7 nitrogen and oxygen atoms in total. The summed E-state index contributed by atoms with van der Waals surface area (Å²) < 4.78 is 34.6. The molecule has 0 aliphatic carbocycles. The molecule has 26 heavy (non-hydrogen) atoms. The number of ether oxygens (including phenoxy) is 1. The molecule has 0 spiro atoms. The first-order valence-electron chi connectivity index (χ1n) is 8.62. The van der Waals surface area contributed by atoms with E-state index in [1.54, 1.807) is 4.90 Å². The van der Waals surface area contributed by atoms with Crippen LogP contribution in [-0.2, 0) is 9.53 Å². The van der Waals surface area contributed by atoms with E-state index in [2.05, 4.69) is 10.2 Å². The van der Waals surface area contributed by atoms with Crippen molar-refractivity contribution in [2.45, 2.75) is 19.4 Å². The summed E-state index contributed by atoms with van der Waals surface area (Å²) in [6.45, 7) is 4.40. The van der Waals surface area contributed by atoms with Crippen molar-refractivity contribution >= 4 is 17.3 Å². The smallest absolute Gasteiger partial charge is 0.238 e. The first-order valence-corrected chi connectivity index (χ1v) is 8.62. The molecule has 2 saturated heterocycles.